The molecular weight excluding hydrogens is 558 g/mol. The van der Waals surface area contributed by atoms with Crippen molar-refractivity contribution >= 4 is 17.6 Å². The van der Waals surface area contributed by atoms with Crippen molar-refractivity contribution in [3.8, 4) is 40.2 Å². The Hall–Kier alpha value is -4.78. The number of benzene rings is 3. The largest absolute Gasteiger partial charge is 0.488 e. The minimum absolute atomic E-state index is 0.145. The first kappa shape index (κ1) is 28.7. The highest BCUT2D eigenvalue weighted by Crippen LogP contribution is 2.37. The van der Waals surface area contributed by atoms with Crippen molar-refractivity contribution in [1.29, 1.82) is 5.26 Å². The number of aliphatic carboxylic acids is 1. The van der Waals surface area contributed by atoms with Gasteiger partial charge in [0.25, 0.3) is 0 Å². The summed E-state index contributed by atoms with van der Waals surface area (Å²) in [6, 6.07) is 19.1. The molecule has 0 fully saturated rings. The smallest absolute Gasteiger partial charge is 0.317 e. The summed E-state index contributed by atoms with van der Waals surface area (Å²) in [7, 11) is 0. The monoisotopic (exact) mass is 585 g/mol. The van der Waals surface area contributed by atoms with Crippen LogP contribution in [-0.4, -0.2) is 35.8 Å². The first-order valence-electron chi connectivity index (χ1n) is 13.2. The minimum atomic E-state index is -0.975. The highest BCUT2D eigenvalue weighted by molar-refractivity contribution is 6.32. The Balaban J connectivity index is 1.36. The average Bonchev–Trinajstić information content (AvgIpc) is 3.00. The third-order valence-corrected chi connectivity index (χ3v) is 7.00. The number of pyridine rings is 1. The number of rotatable bonds is 11. The zero-order valence-corrected chi connectivity index (χ0v) is 23.6. The normalized spacial score (nSPS) is 11.9. The van der Waals surface area contributed by atoms with Gasteiger partial charge < -0.3 is 29.4 Å². The van der Waals surface area contributed by atoms with Crippen molar-refractivity contribution in [3.63, 3.8) is 0 Å². The maximum atomic E-state index is 11.0. The van der Waals surface area contributed by atoms with Crippen LogP contribution in [0.1, 0.15) is 27.8 Å². The van der Waals surface area contributed by atoms with Gasteiger partial charge in [0.15, 0.2) is 11.5 Å². The molecule has 0 saturated heterocycles. The van der Waals surface area contributed by atoms with E-state index in [-0.39, 0.29) is 26.3 Å². The van der Waals surface area contributed by atoms with Gasteiger partial charge in [0.2, 0.25) is 0 Å². The molecule has 0 bridgehead atoms. The Morgan fingerprint density at radius 2 is 1.83 bits per heavy atom. The summed E-state index contributed by atoms with van der Waals surface area (Å²) in [6.45, 7) is 3.51. The van der Waals surface area contributed by atoms with E-state index < -0.39 is 5.97 Å². The van der Waals surface area contributed by atoms with Gasteiger partial charge in [-0.15, -0.1) is 0 Å². The lowest BCUT2D eigenvalue weighted by Crippen LogP contribution is -2.22. The van der Waals surface area contributed by atoms with Gasteiger partial charge in [-0.1, -0.05) is 35.9 Å². The Bertz CT molecular complexity index is 1650. The van der Waals surface area contributed by atoms with Crippen molar-refractivity contribution in [2.24, 2.45) is 0 Å². The van der Waals surface area contributed by atoms with Crippen molar-refractivity contribution < 1.29 is 28.8 Å². The summed E-state index contributed by atoms with van der Waals surface area (Å²) in [6.07, 6.45) is 3.09. The second-order valence-corrected chi connectivity index (χ2v) is 10.0. The molecule has 9 nitrogen and oxygen atoms in total. The fourth-order valence-corrected chi connectivity index (χ4v) is 4.81. The molecule has 1 aromatic heterocycles. The number of aromatic nitrogens is 1. The number of nitriles is 1. The van der Waals surface area contributed by atoms with Crippen LogP contribution >= 0.6 is 11.6 Å². The third kappa shape index (κ3) is 6.92. The lowest BCUT2D eigenvalue weighted by Gasteiger charge is -2.20. The molecule has 4 aromatic rings. The number of nitrogens with zero attached hydrogens (tertiary/aromatic N) is 2. The van der Waals surface area contributed by atoms with E-state index in [0.29, 0.717) is 46.4 Å². The molecule has 3 aromatic carbocycles. The maximum absolute atomic E-state index is 11.0. The fourth-order valence-electron chi connectivity index (χ4n) is 4.57. The van der Waals surface area contributed by atoms with Gasteiger partial charge in [0.05, 0.1) is 17.1 Å². The molecule has 10 heteroatoms. The Labute approximate surface area is 248 Å². The van der Waals surface area contributed by atoms with Gasteiger partial charge in [0, 0.05) is 36.1 Å². The van der Waals surface area contributed by atoms with Crippen molar-refractivity contribution in [1.82, 2.24) is 10.3 Å². The fraction of sp³-hybridized carbons (Fsp3) is 0.219. The summed E-state index contributed by atoms with van der Waals surface area (Å²) >= 11 is 6.60. The van der Waals surface area contributed by atoms with Gasteiger partial charge in [-0.05, 0) is 53.4 Å². The molecule has 0 amide bonds. The Morgan fingerprint density at radius 3 is 2.64 bits per heavy atom. The van der Waals surface area contributed by atoms with Gasteiger partial charge in [-0.3, -0.25) is 9.78 Å². The molecule has 2 N–H and O–H groups in total. The Morgan fingerprint density at radius 1 is 1.02 bits per heavy atom. The van der Waals surface area contributed by atoms with Crippen LogP contribution in [0.2, 0.25) is 5.02 Å². The number of carboxylic acids is 1. The predicted molar refractivity (Wildman–Crippen MR) is 156 cm³/mol. The molecule has 1 aliphatic heterocycles. The third-order valence-electron chi connectivity index (χ3n) is 6.71. The number of carboxylic acid groups (broad SMARTS) is 1. The molecule has 0 aliphatic carbocycles. The van der Waals surface area contributed by atoms with Crippen molar-refractivity contribution in [3.05, 3.63) is 99.8 Å². The lowest BCUT2D eigenvalue weighted by atomic mass is 9.96. The van der Waals surface area contributed by atoms with Crippen LogP contribution in [0.25, 0.3) is 11.1 Å². The van der Waals surface area contributed by atoms with E-state index in [9.17, 15) is 10.1 Å². The number of fused-ring (bicyclic) bond motifs is 1. The lowest BCUT2D eigenvalue weighted by molar-refractivity contribution is -0.136. The summed E-state index contributed by atoms with van der Waals surface area (Å²) in [4.78, 5) is 15.1. The van der Waals surface area contributed by atoms with E-state index in [4.69, 9.17) is 35.7 Å². The van der Waals surface area contributed by atoms with E-state index in [1.54, 1.807) is 24.4 Å². The molecule has 0 spiro atoms. The number of halogens is 1. The molecule has 214 valence electrons. The number of hydrogen-bond donors (Lipinski definition) is 2. The average molecular weight is 586 g/mol. The summed E-state index contributed by atoms with van der Waals surface area (Å²) in [5.74, 6) is 1.38. The van der Waals surface area contributed by atoms with Gasteiger partial charge >= 0.3 is 5.97 Å². The first-order valence-corrected chi connectivity index (χ1v) is 13.6. The highest BCUT2D eigenvalue weighted by atomic mass is 35.5. The summed E-state index contributed by atoms with van der Waals surface area (Å²) in [5, 5.41) is 21.4. The van der Waals surface area contributed by atoms with Crippen molar-refractivity contribution in [2.45, 2.75) is 26.7 Å². The van der Waals surface area contributed by atoms with Gasteiger partial charge in [0.1, 0.15) is 44.0 Å². The molecule has 1 aliphatic rings. The number of carbonyl (C=O) groups is 1. The van der Waals surface area contributed by atoms with Crippen LogP contribution in [0.15, 0.2) is 67.0 Å². The molecule has 42 heavy (non-hydrogen) atoms. The van der Waals surface area contributed by atoms with Crippen molar-refractivity contribution in [2.75, 3.05) is 19.8 Å². The minimum Gasteiger partial charge on any atom is -0.488 e. The molecule has 0 radical (unpaired) electrons. The number of hydrogen-bond acceptors (Lipinski definition) is 8. The van der Waals surface area contributed by atoms with Crippen LogP contribution in [-0.2, 0) is 24.6 Å². The molecular formula is C32H28ClN3O6. The number of nitrogens with one attached hydrogen (secondary N) is 1. The van der Waals surface area contributed by atoms with Crippen LogP contribution in [0.3, 0.4) is 0 Å². The van der Waals surface area contributed by atoms with Crippen LogP contribution in [0, 0.1) is 18.3 Å². The van der Waals surface area contributed by atoms with E-state index in [2.05, 4.69) is 22.4 Å². The molecule has 0 unspecified atom stereocenters. The maximum Gasteiger partial charge on any atom is 0.317 e. The molecule has 5 rings (SSSR count). The first-order chi connectivity index (χ1) is 20.4. The van der Waals surface area contributed by atoms with Gasteiger partial charge in [-0.2, -0.15) is 5.26 Å². The SMILES string of the molecule is Cc1c(COc2cc(OCc3cncc(C#N)c3)c(CNCC(=O)O)cc2Cl)cccc1-c1ccc2c(c1)OCCO2. The van der Waals surface area contributed by atoms with E-state index >= 15 is 0 Å². The second kappa shape index (κ2) is 13.3. The quantitative estimate of drug-likeness (QED) is 0.229. The predicted octanol–water partition coefficient (Wildman–Crippen LogP) is 5.69. The summed E-state index contributed by atoms with van der Waals surface area (Å²) in [5.41, 5.74) is 5.90. The zero-order valence-electron chi connectivity index (χ0n) is 22.9. The standard InChI is InChI=1S/C32H28ClN3O6/c1-20-24(3-2-4-26(20)23-5-6-28-31(11-23)40-8-7-39-28)19-42-30-12-29(25(10-27(30)33)16-36-17-32(37)38)41-18-22-9-21(13-34)14-35-15-22/h2-6,9-12,14-15,36H,7-8,16-19H2,1H3,(H,37,38). The van der Waals surface area contributed by atoms with E-state index in [0.717, 1.165) is 33.8 Å². The van der Waals surface area contributed by atoms with Crippen LogP contribution < -0.4 is 24.3 Å². The van der Waals surface area contributed by atoms with Crippen LogP contribution in [0.5, 0.6) is 23.0 Å². The number of ether oxygens (including phenoxy) is 4. The zero-order chi connectivity index (χ0) is 29.5. The highest BCUT2D eigenvalue weighted by Gasteiger charge is 2.16. The molecule has 2 heterocycles. The Kier molecular flexibility index (Phi) is 9.07. The topological polar surface area (TPSA) is 123 Å². The van der Waals surface area contributed by atoms with E-state index in [1.165, 1.54) is 6.20 Å². The van der Waals surface area contributed by atoms with Crippen LogP contribution in [0.4, 0.5) is 0 Å². The second-order valence-electron chi connectivity index (χ2n) is 9.61. The summed E-state index contributed by atoms with van der Waals surface area (Å²) < 4.78 is 23.7. The molecule has 0 saturated carbocycles. The molecule has 0 atom stereocenters. The van der Waals surface area contributed by atoms with Gasteiger partial charge in [-0.25, -0.2) is 0 Å². The van der Waals surface area contributed by atoms with E-state index in [1.807, 2.05) is 37.3 Å².